The van der Waals surface area contributed by atoms with Gasteiger partial charge in [0.25, 0.3) is 0 Å². The van der Waals surface area contributed by atoms with Gasteiger partial charge >= 0.3 is 0 Å². The number of carbonyl (C=O) groups excluding carboxylic acids is 1. The van der Waals surface area contributed by atoms with E-state index >= 15 is 0 Å². The van der Waals surface area contributed by atoms with E-state index in [1.807, 2.05) is 24.3 Å². The second kappa shape index (κ2) is 8.29. The number of hydrogen-bond acceptors (Lipinski definition) is 3. The Morgan fingerprint density at radius 2 is 1.74 bits per heavy atom. The van der Waals surface area contributed by atoms with E-state index in [0.717, 1.165) is 16.9 Å². The van der Waals surface area contributed by atoms with Crippen LogP contribution in [0.25, 0.3) is 0 Å². The molecule has 1 unspecified atom stereocenters. The minimum absolute atomic E-state index is 0.00390. The third kappa shape index (κ3) is 5.07. The van der Waals surface area contributed by atoms with Gasteiger partial charge in [-0.2, -0.15) is 0 Å². The van der Waals surface area contributed by atoms with Gasteiger partial charge in [0.05, 0.1) is 13.2 Å². The molecular formula is C18H20FNO3. The molecule has 2 aromatic carbocycles. The highest BCUT2D eigenvalue weighted by Crippen LogP contribution is 2.21. The maximum absolute atomic E-state index is 13.0. The Hall–Kier alpha value is -2.40. The first-order valence-electron chi connectivity index (χ1n) is 7.29. The zero-order valence-electron chi connectivity index (χ0n) is 13.2. The quantitative estimate of drug-likeness (QED) is 0.854. The highest BCUT2D eigenvalue weighted by molar-refractivity contribution is 5.77. The summed E-state index contributed by atoms with van der Waals surface area (Å²) in [4.78, 5) is 11.9. The van der Waals surface area contributed by atoms with Crippen LogP contribution in [-0.4, -0.2) is 26.7 Å². The number of methoxy groups -OCH3 is 2. The molecule has 23 heavy (non-hydrogen) atoms. The van der Waals surface area contributed by atoms with E-state index in [-0.39, 0.29) is 24.4 Å². The Morgan fingerprint density at radius 3 is 2.30 bits per heavy atom. The highest BCUT2D eigenvalue weighted by Gasteiger charge is 2.15. The van der Waals surface area contributed by atoms with Gasteiger partial charge < -0.3 is 14.8 Å². The van der Waals surface area contributed by atoms with Crippen LogP contribution in [0.1, 0.15) is 17.2 Å². The molecule has 0 saturated heterocycles. The molecule has 122 valence electrons. The molecule has 0 saturated carbocycles. The van der Waals surface area contributed by atoms with Gasteiger partial charge in [-0.05, 0) is 41.8 Å². The zero-order chi connectivity index (χ0) is 16.7. The van der Waals surface area contributed by atoms with Crippen LogP contribution in [0.3, 0.4) is 0 Å². The standard InChI is InChI=1S/C18H20FNO3/c1-22-12-18(21)20-17(11-13-3-7-15(19)8-4-13)14-5-9-16(23-2)10-6-14/h3-10,17H,11-12H2,1-2H3,(H,20,21). The summed E-state index contributed by atoms with van der Waals surface area (Å²) in [5.41, 5.74) is 1.88. The van der Waals surface area contributed by atoms with Gasteiger partial charge in [-0.1, -0.05) is 24.3 Å². The molecule has 0 aliphatic heterocycles. The number of halogens is 1. The van der Waals surface area contributed by atoms with E-state index in [4.69, 9.17) is 9.47 Å². The zero-order valence-corrected chi connectivity index (χ0v) is 13.2. The summed E-state index contributed by atoms with van der Waals surface area (Å²) in [5.74, 6) is 0.270. The van der Waals surface area contributed by atoms with Gasteiger partial charge in [0, 0.05) is 7.11 Å². The van der Waals surface area contributed by atoms with Crippen LogP contribution in [0.2, 0.25) is 0 Å². The topological polar surface area (TPSA) is 47.6 Å². The van der Waals surface area contributed by atoms with E-state index in [0.29, 0.717) is 6.42 Å². The van der Waals surface area contributed by atoms with Gasteiger partial charge in [-0.3, -0.25) is 4.79 Å². The lowest BCUT2D eigenvalue weighted by Crippen LogP contribution is -2.32. The molecule has 4 nitrogen and oxygen atoms in total. The van der Waals surface area contributed by atoms with Crippen molar-refractivity contribution in [1.82, 2.24) is 5.32 Å². The monoisotopic (exact) mass is 317 g/mol. The average molecular weight is 317 g/mol. The molecule has 0 heterocycles. The molecule has 2 rings (SSSR count). The van der Waals surface area contributed by atoms with Crippen molar-refractivity contribution in [2.24, 2.45) is 0 Å². The van der Waals surface area contributed by atoms with Gasteiger partial charge in [-0.15, -0.1) is 0 Å². The summed E-state index contributed by atoms with van der Waals surface area (Å²) in [6.07, 6.45) is 0.558. The smallest absolute Gasteiger partial charge is 0.246 e. The summed E-state index contributed by atoms with van der Waals surface area (Å²) in [6.45, 7) is -0.00390. The molecule has 1 N–H and O–H groups in total. The molecule has 0 aromatic heterocycles. The molecule has 0 spiro atoms. The summed E-state index contributed by atoms with van der Waals surface area (Å²) < 4.78 is 23.1. The summed E-state index contributed by atoms with van der Waals surface area (Å²) >= 11 is 0. The van der Waals surface area contributed by atoms with Crippen molar-refractivity contribution in [3.8, 4) is 5.75 Å². The first kappa shape index (κ1) is 17.0. The van der Waals surface area contributed by atoms with Crippen LogP contribution in [0.15, 0.2) is 48.5 Å². The van der Waals surface area contributed by atoms with Crippen LogP contribution in [-0.2, 0) is 16.0 Å². The van der Waals surface area contributed by atoms with Crippen LogP contribution < -0.4 is 10.1 Å². The van der Waals surface area contributed by atoms with Gasteiger partial charge in [-0.25, -0.2) is 4.39 Å². The minimum atomic E-state index is -0.279. The van der Waals surface area contributed by atoms with Crippen LogP contribution in [0.4, 0.5) is 4.39 Å². The summed E-state index contributed by atoms with van der Waals surface area (Å²) in [5, 5.41) is 2.94. The second-order valence-electron chi connectivity index (χ2n) is 5.16. The Labute approximate surface area is 135 Å². The van der Waals surface area contributed by atoms with E-state index in [9.17, 15) is 9.18 Å². The fourth-order valence-corrected chi connectivity index (χ4v) is 2.31. The predicted molar refractivity (Wildman–Crippen MR) is 85.9 cm³/mol. The van der Waals surface area contributed by atoms with Crippen LogP contribution in [0, 0.1) is 5.82 Å². The third-order valence-electron chi connectivity index (χ3n) is 3.48. The average Bonchev–Trinajstić information content (AvgIpc) is 2.56. The second-order valence-corrected chi connectivity index (χ2v) is 5.16. The number of ether oxygens (including phenoxy) is 2. The highest BCUT2D eigenvalue weighted by atomic mass is 19.1. The summed E-state index contributed by atoms with van der Waals surface area (Å²) in [7, 11) is 3.08. The number of carbonyl (C=O) groups is 1. The lowest BCUT2D eigenvalue weighted by Gasteiger charge is -2.20. The van der Waals surface area contributed by atoms with E-state index < -0.39 is 0 Å². The van der Waals surface area contributed by atoms with Gasteiger partial charge in [0.15, 0.2) is 0 Å². The van der Waals surface area contributed by atoms with E-state index in [1.54, 1.807) is 19.2 Å². The largest absolute Gasteiger partial charge is 0.497 e. The van der Waals surface area contributed by atoms with Crippen molar-refractivity contribution in [3.63, 3.8) is 0 Å². The maximum atomic E-state index is 13.0. The number of nitrogens with one attached hydrogen (secondary N) is 1. The van der Waals surface area contributed by atoms with Crippen molar-refractivity contribution in [2.45, 2.75) is 12.5 Å². The molecule has 0 bridgehead atoms. The fourth-order valence-electron chi connectivity index (χ4n) is 2.31. The number of rotatable bonds is 7. The summed E-state index contributed by atoms with van der Waals surface area (Å²) in [6, 6.07) is 13.5. The molecule has 0 aliphatic carbocycles. The van der Waals surface area contributed by atoms with Crippen LogP contribution >= 0.6 is 0 Å². The lowest BCUT2D eigenvalue weighted by molar-refractivity contribution is -0.125. The van der Waals surface area contributed by atoms with Crippen molar-refractivity contribution in [3.05, 3.63) is 65.5 Å². The number of amides is 1. The molecular weight excluding hydrogens is 297 g/mol. The first-order chi connectivity index (χ1) is 11.1. The van der Waals surface area contributed by atoms with Crippen molar-refractivity contribution in [2.75, 3.05) is 20.8 Å². The molecule has 0 fully saturated rings. The van der Waals surface area contributed by atoms with Crippen LogP contribution in [0.5, 0.6) is 5.75 Å². The first-order valence-corrected chi connectivity index (χ1v) is 7.29. The lowest BCUT2D eigenvalue weighted by atomic mass is 9.98. The Morgan fingerprint density at radius 1 is 1.09 bits per heavy atom. The Bertz CT molecular complexity index is 626. The predicted octanol–water partition coefficient (Wildman–Crippen LogP) is 2.88. The maximum Gasteiger partial charge on any atom is 0.246 e. The Kier molecular flexibility index (Phi) is 6.11. The number of hydrogen-bond donors (Lipinski definition) is 1. The SMILES string of the molecule is COCC(=O)NC(Cc1ccc(F)cc1)c1ccc(OC)cc1. The van der Waals surface area contributed by atoms with E-state index in [1.165, 1.54) is 19.2 Å². The molecule has 1 atom stereocenters. The number of benzene rings is 2. The molecule has 0 aliphatic rings. The van der Waals surface area contributed by atoms with Crippen molar-refractivity contribution >= 4 is 5.91 Å². The molecule has 5 heteroatoms. The fraction of sp³-hybridized carbons (Fsp3) is 0.278. The van der Waals surface area contributed by atoms with Gasteiger partial charge in [0.1, 0.15) is 18.2 Å². The Balaban J connectivity index is 2.19. The van der Waals surface area contributed by atoms with Crippen molar-refractivity contribution in [1.29, 1.82) is 0 Å². The third-order valence-corrected chi connectivity index (χ3v) is 3.48. The van der Waals surface area contributed by atoms with Crippen molar-refractivity contribution < 1.29 is 18.7 Å². The molecule has 0 radical (unpaired) electrons. The molecule has 1 amide bonds. The normalized spacial score (nSPS) is 11.8. The minimum Gasteiger partial charge on any atom is -0.497 e. The van der Waals surface area contributed by atoms with E-state index in [2.05, 4.69) is 5.32 Å². The molecule has 2 aromatic rings. The van der Waals surface area contributed by atoms with Gasteiger partial charge in [0.2, 0.25) is 5.91 Å².